The van der Waals surface area contributed by atoms with Gasteiger partial charge in [0.15, 0.2) is 0 Å². The van der Waals surface area contributed by atoms with Crippen molar-refractivity contribution < 1.29 is 43.0 Å². The van der Waals surface area contributed by atoms with Crippen LogP contribution in [0.1, 0.15) is 140 Å². The van der Waals surface area contributed by atoms with E-state index >= 15 is 0 Å². The Labute approximate surface area is 372 Å². The van der Waals surface area contributed by atoms with Crippen molar-refractivity contribution in [2.45, 2.75) is 199 Å². The number of thiocarbonyl (C=S) groups is 1. The lowest BCUT2D eigenvalue weighted by atomic mass is 9.43. The minimum absolute atomic E-state index is 0.00218. The fraction of sp³-hybridized carbons (Fsp3) is 0.930. The SMILES string of the molecule is CC1(C)[C@@H]2C[C@H]3OB([C@@H]4CCCN4)O[C@@]3(C)[C@H]1C2.C[C@H](N)C(=S)N1CCC[C@H]1B(O)O.C[C@H](NC(=O)OC(C)(C)C)C(=O)N1CCC[C@H]1B1O[C@@H]2C[C@@H]3C[C@@H](C3(C)C)[C@]2(C)O1. The molecule has 14 nitrogen and oxygen atoms in total. The number of hydrogen-bond donors (Lipinski definition) is 5. The Morgan fingerprint density at radius 2 is 1.39 bits per heavy atom. The Balaban J connectivity index is 0.000000153. The molecule has 11 rings (SSSR count). The molecule has 2 amide bonds. The van der Waals surface area contributed by atoms with Crippen LogP contribution < -0.4 is 16.4 Å². The zero-order valence-electron chi connectivity index (χ0n) is 38.9. The Hall–Kier alpha value is -1.50. The summed E-state index contributed by atoms with van der Waals surface area (Å²) < 4.78 is 31.0. The van der Waals surface area contributed by atoms with Crippen LogP contribution in [0.15, 0.2) is 0 Å². The van der Waals surface area contributed by atoms with Gasteiger partial charge in [-0.15, -0.1) is 0 Å². The molecule has 0 aromatic carbocycles. The second kappa shape index (κ2) is 17.4. The average molecular weight is 872 g/mol. The summed E-state index contributed by atoms with van der Waals surface area (Å²) in [7, 11) is -1.72. The molecular formula is C43H76B3N5O9S. The van der Waals surface area contributed by atoms with E-state index in [2.05, 4.69) is 52.2 Å². The summed E-state index contributed by atoms with van der Waals surface area (Å²) >= 11 is 5.11. The number of amides is 2. The molecule has 4 bridgehead atoms. The highest BCUT2D eigenvalue weighted by Crippen LogP contribution is 2.67. The van der Waals surface area contributed by atoms with E-state index in [1.54, 1.807) is 27.7 Å². The van der Waals surface area contributed by atoms with Crippen LogP contribution in [0.25, 0.3) is 0 Å². The molecule has 6 N–H and O–H groups in total. The molecule has 0 aromatic rings. The smallest absolute Gasteiger partial charge is 0.444 e. The second-order valence-electron chi connectivity index (χ2n) is 22.4. The first-order chi connectivity index (χ1) is 28.4. The molecule has 13 atom stereocenters. The van der Waals surface area contributed by atoms with Crippen molar-refractivity contribution in [3.63, 3.8) is 0 Å². The van der Waals surface area contributed by atoms with E-state index in [0.29, 0.717) is 52.2 Å². The summed E-state index contributed by atoms with van der Waals surface area (Å²) in [5.41, 5.74) is 5.46. The van der Waals surface area contributed by atoms with Gasteiger partial charge >= 0.3 is 27.4 Å². The number of nitrogens with zero attached hydrogens (tertiary/aromatic N) is 2. The highest BCUT2D eigenvalue weighted by molar-refractivity contribution is 7.80. The molecule has 5 saturated heterocycles. The fourth-order valence-electron chi connectivity index (χ4n) is 12.9. The van der Waals surface area contributed by atoms with Crippen molar-refractivity contribution in [3.8, 4) is 0 Å². The highest BCUT2D eigenvalue weighted by atomic mass is 32.1. The molecule has 0 radical (unpaired) electrons. The minimum Gasteiger partial charge on any atom is -0.444 e. The monoisotopic (exact) mass is 872 g/mol. The van der Waals surface area contributed by atoms with Gasteiger partial charge in [-0.3, -0.25) is 4.79 Å². The lowest BCUT2D eigenvalue weighted by molar-refractivity contribution is -0.199. The highest BCUT2D eigenvalue weighted by Gasteiger charge is 2.70. The normalized spacial score (nSPS) is 39.6. The van der Waals surface area contributed by atoms with Crippen molar-refractivity contribution in [1.82, 2.24) is 20.4 Å². The summed E-state index contributed by atoms with van der Waals surface area (Å²) in [5, 5.41) is 24.3. The summed E-state index contributed by atoms with van der Waals surface area (Å²) in [5.74, 6) is 2.66. The number of hydrogen-bond acceptors (Lipinski definition) is 12. The number of nitrogens with two attached hydrogens (primary N) is 1. The van der Waals surface area contributed by atoms with Gasteiger partial charge in [0.2, 0.25) is 5.91 Å². The summed E-state index contributed by atoms with van der Waals surface area (Å²) in [4.78, 5) is 29.5. The van der Waals surface area contributed by atoms with Gasteiger partial charge in [0.25, 0.3) is 0 Å². The summed E-state index contributed by atoms with van der Waals surface area (Å²) in [6, 6.07) is -0.860. The third-order valence-corrected chi connectivity index (χ3v) is 17.3. The van der Waals surface area contributed by atoms with Gasteiger partial charge in [-0.1, -0.05) is 39.9 Å². The zero-order chi connectivity index (χ0) is 44.6. The largest absolute Gasteiger partial charge is 0.481 e. The maximum Gasteiger partial charge on any atom is 0.481 e. The van der Waals surface area contributed by atoms with Gasteiger partial charge in [-0.2, -0.15) is 0 Å². The van der Waals surface area contributed by atoms with Gasteiger partial charge in [0, 0.05) is 19.0 Å². The van der Waals surface area contributed by atoms with Crippen LogP contribution in [0, 0.1) is 34.5 Å². The molecule has 6 saturated carbocycles. The van der Waals surface area contributed by atoms with Crippen molar-refractivity contribution in [3.05, 3.63) is 0 Å². The summed E-state index contributed by atoms with van der Waals surface area (Å²) in [6.07, 6.45) is 10.6. The van der Waals surface area contributed by atoms with E-state index in [9.17, 15) is 9.59 Å². The number of carbonyl (C=O) groups is 2. The first kappa shape index (κ1) is 47.5. The molecule has 5 aliphatic heterocycles. The maximum atomic E-state index is 13.1. The summed E-state index contributed by atoms with van der Waals surface area (Å²) in [6.45, 7) is 25.5. The molecule has 0 unspecified atom stereocenters. The molecule has 11 fully saturated rings. The Kier molecular flexibility index (Phi) is 13.5. The van der Waals surface area contributed by atoms with Crippen molar-refractivity contribution in [2.75, 3.05) is 19.6 Å². The molecule has 6 aliphatic carbocycles. The van der Waals surface area contributed by atoms with Gasteiger partial charge in [0.05, 0.1) is 46.3 Å². The Bertz CT molecular complexity index is 1640. The van der Waals surface area contributed by atoms with E-state index in [4.69, 9.17) is 51.4 Å². The molecule has 61 heavy (non-hydrogen) atoms. The third kappa shape index (κ3) is 8.95. The van der Waals surface area contributed by atoms with Crippen molar-refractivity contribution in [2.24, 2.45) is 40.2 Å². The molecule has 18 heteroatoms. The first-order valence-corrected chi connectivity index (χ1v) is 23.9. The van der Waals surface area contributed by atoms with Crippen LogP contribution in [0.2, 0.25) is 0 Å². The molecule has 342 valence electrons. The quantitative estimate of drug-likeness (QED) is 0.189. The van der Waals surface area contributed by atoms with Crippen molar-refractivity contribution >= 4 is 50.6 Å². The topological polar surface area (TPSA) is 177 Å². The molecule has 0 aromatic heterocycles. The fourth-order valence-corrected chi connectivity index (χ4v) is 13.1. The van der Waals surface area contributed by atoms with Gasteiger partial charge < -0.3 is 59.6 Å². The van der Waals surface area contributed by atoms with Gasteiger partial charge in [-0.05, 0) is 154 Å². The van der Waals surface area contributed by atoms with Crippen LogP contribution in [0.5, 0.6) is 0 Å². The lowest BCUT2D eigenvalue weighted by Gasteiger charge is -2.64. The van der Waals surface area contributed by atoms with E-state index in [-0.39, 0.29) is 48.3 Å². The van der Waals surface area contributed by atoms with Crippen LogP contribution >= 0.6 is 12.2 Å². The maximum absolute atomic E-state index is 13.1. The van der Waals surface area contributed by atoms with Crippen LogP contribution in [0.4, 0.5) is 4.79 Å². The number of ether oxygens (including phenoxy) is 1. The van der Waals surface area contributed by atoms with E-state index < -0.39 is 32.0 Å². The molecule has 5 heterocycles. The van der Waals surface area contributed by atoms with Gasteiger partial charge in [0.1, 0.15) is 11.6 Å². The predicted octanol–water partition coefficient (Wildman–Crippen LogP) is 4.30. The number of carbonyl (C=O) groups excluding carboxylic acids is 2. The van der Waals surface area contributed by atoms with E-state index in [1.165, 1.54) is 32.1 Å². The van der Waals surface area contributed by atoms with Crippen LogP contribution in [-0.4, -0.2) is 137 Å². The number of rotatable bonds is 6. The standard InChI is InChI=1S/C22H37BN2O5.C14H24BNO2.C7H15BN2O2S/c1-13(24-19(27)28-20(2,3)4)18(26)25-10-8-9-17(25)23-29-16-12-14-11-15(21(14,5)6)22(16,7)30-23;1-13(2)9-7-10(13)14(3)11(8-9)17-15(18-14)12-5-4-6-16-12;1-5(9)7(13)10-4-2-3-6(10)8(11)12/h13-17H,8-12H2,1-7H3,(H,24,27);9-12,16H,4-8H2,1-3H3;5-6,11-12H,2-4,9H2,1H3/t13-,14-,15-,16+,17-,22-;9-,10-,11+,12-,14-;5-,6-/m000/s1. The predicted molar refractivity (Wildman–Crippen MR) is 241 cm³/mol. The zero-order valence-corrected chi connectivity index (χ0v) is 39.7. The number of alkyl carbamates (subject to hydrolysis) is 1. The van der Waals surface area contributed by atoms with E-state index in [0.717, 1.165) is 51.1 Å². The average Bonchev–Trinajstić information content (AvgIpc) is 4.01. The van der Waals surface area contributed by atoms with E-state index in [1.807, 2.05) is 16.7 Å². The third-order valence-electron chi connectivity index (χ3n) is 16.7. The minimum atomic E-state index is -1.32. The van der Waals surface area contributed by atoms with Gasteiger partial charge in [-0.25, -0.2) is 4.79 Å². The second-order valence-corrected chi connectivity index (χ2v) is 22.8. The number of nitrogens with one attached hydrogen (secondary N) is 2. The Morgan fingerprint density at radius 1 is 0.852 bits per heavy atom. The van der Waals surface area contributed by atoms with Crippen LogP contribution in [0.3, 0.4) is 0 Å². The van der Waals surface area contributed by atoms with Crippen molar-refractivity contribution in [1.29, 1.82) is 0 Å². The molecular weight excluding hydrogens is 795 g/mol. The Morgan fingerprint density at radius 3 is 1.90 bits per heavy atom. The lowest BCUT2D eigenvalue weighted by Crippen LogP contribution is -2.65. The molecule has 11 aliphatic rings. The first-order valence-electron chi connectivity index (χ1n) is 23.5. The number of likely N-dealkylation sites (tertiary alicyclic amines) is 2. The molecule has 0 spiro atoms. The van der Waals surface area contributed by atoms with Crippen LogP contribution in [-0.2, 0) is 28.1 Å².